The zero-order valence-corrected chi connectivity index (χ0v) is 12.2. The molecule has 0 unspecified atom stereocenters. The topological polar surface area (TPSA) is 59.2 Å². The number of nitrogen functional groups attached to an aromatic ring is 1. The van der Waals surface area contributed by atoms with E-state index in [1.165, 1.54) is 0 Å². The van der Waals surface area contributed by atoms with E-state index in [0.29, 0.717) is 22.8 Å². The number of nitrogens with two attached hydrogens (primary N) is 1. The maximum atomic E-state index is 12.3. The van der Waals surface area contributed by atoms with Gasteiger partial charge in [-0.25, -0.2) is 0 Å². The van der Waals surface area contributed by atoms with E-state index in [2.05, 4.69) is 4.98 Å². The molecule has 0 fully saturated rings. The van der Waals surface area contributed by atoms with E-state index in [9.17, 15) is 4.79 Å². The van der Waals surface area contributed by atoms with Crippen LogP contribution in [0, 0.1) is 6.92 Å². The van der Waals surface area contributed by atoms with Crippen LogP contribution in [0.5, 0.6) is 0 Å². The van der Waals surface area contributed by atoms with E-state index < -0.39 is 0 Å². The number of aromatic nitrogens is 1. The molecule has 1 aromatic carbocycles. The Balaban J connectivity index is 2.17. The van der Waals surface area contributed by atoms with Gasteiger partial charge in [-0.1, -0.05) is 11.6 Å². The molecule has 2 N–H and O–H groups in total. The van der Waals surface area contributed by atoms with Crippen molar-refractivity contribution in [3.63, 3.8) is 0 Å². The van der Waals surface area contributed by atoms with Gasteiger partial charge < -0.3 is 10.6 Å². The molecule has 0 spiro atoms. The second-order valence-electron chi connectivity index (χ2n) is 4.70. The maximum Gasteiger partial charge on any atom is 0.254 e. The monoisotopic (exact) mass is 289 g/mol. The number of hydrogen-bond acceptors (Lipinski definition) is 3. The van der Waals surface area contributed by atoms with Crippen LogP contribution in [0.1, 0.15) is 21.6 Å². The highest BCUT2D eigenvalue weighted by Crippen LogP contribution is 2.20. The number of carbonyl (C=O) groups excluding carboxylic acids is 1. The van der Waals surface area contributed by atoms with Crippen LogP contribution in [0.15, 0.2) is 36.5 Å². The van der Waals surface area contributed by atoms with Crippen molar-refractivity contribution >= 4 is 23.2 Å². The summed E-state index contributed by atoms with van der Waals surface area (Å²) in [7, 11) is 1.73. The SMILES string of the molecule is Cc1cc(C(=O)N(C)Cc2cc(N)ccc2Cl)ccn1. The van der Waals surface area contributed by atoms with E-state index in [1.54, 1.807) is 48.5 Å². The molecule has 1 heterocycles. The van der Waals surface area contributed by atoms with Crippen molar-refractivity contribution in [1.29, 1.82) is 0 Å². The summed E-state index contributed by atoms with van der Waals surface area (Å²) in [6.07, 6.45) is 1.63. The molecule has 0 aliphatic carbocycles. The molecule has 1 amide bonds. The van der Waals surface area contributed by atoms with Crippen LogP contribution in [-0.2, 0) is 6.54 Å². The lowest BCUT2D eigenvalue weighted by molar-refractivity contribution is 0.0785. The number of rotatable bonds is 3. The molecule has 4 nitrogen and oxygen atoms in total. The van der Waals surface area contributed by atoms with Crippen LogP contribution < -0.4 is 5.73 Å². The Hall–Kier alpha value is -2.07. The van der Waals surface area contributed by atoms with Gasteiger partial charge in [0.25, 0.3) is 5.91 Å². The summed E-state index contributed by atoms with van der Waals surface area (Å²) in [5, 5.41) is 0.602. The van der Waals surface area contributed by atoms with Crippen molar-refractivity contribution in [2.75, 3.05) is 12.8 Å². The van der Waals surface area contributed by atoms with Crippen LogP contribution in [0.3, 0.4) is 0 Å². The average molecular weight is 290 g/mol. The minimum absolute atomic E-state index is 0.0750. The first-order valence-corrected chi connectivity index (χ1v) is 6.57. The number of nitrogens with zero attached hydrogens (tertiary/aromatic N) is 2. The predicted molar refractivity (Wildman–Crippen MR) is 80.6 cm³/mol. The summed E-state index contributed by atoms with van der Waals surface area (Å²) in [5.41, 5.74) is 8.62. The lowest BCUT2D eigenvalue weighted by atomic mass is 10.1. The Morgan fingerprint density at radius 2 is 2.10 bits per heavy atom. The van der Waals surface area contributed by atoms with Crippen molar-refractivity contribution in [2.24, 2.45) is 0 Å². The molecule has 0 aliphatic heterocycles. The molecule has 2 rings (SSSR count). The Kier molecular flexibility index (Phi) is 4.25. The number of hydrogen-bond donors (Lipinski definition) is 1. The molecule has 2 aromatic rings. The molecule has 104 valence electrons. The molecule has 0 aliphatic rings. The lowest BCUT2D eigenvalue weighted by Crippen LogP contribution is -2.26. The molecule has 20 heavy (non-hydrogen) atoms. The number of benzene rings is 1. The summed E-state index contributed by atoms with van der Waals surface area (Å²) in [4.78, 5) is 18.0. The molecule has 5 heteroatoms. The van der Waals surface area contributed by atoms with Gasteiger partial charge in [0, 0.05) is 41.8 Å². The van der Waals surface area contributed by atoms with Crippen molar-refractivity contribution < 1.29 is 4.79 Å². The minimum atomic E-state index is -0.0750. The number of pyridine rings is 1. The summed E-state index contributed by atoms with van der Waals surface area (Å²) >= 11 is 6.11. The third-order valence-corrected chi connectivity index (χ3v) is 3.34. The maximum absolute atomic E-state index is 12.3. The average Bonchev–Trinajstić information content (AvgIpc) is 2.42. The lowest BCUT2D eigenvalue weighted by Gasteiger charge is -2.18. The summed E-state index contributed by atoms with van der Waals surface area (Å²) in [6.45, 7) is 2.26. The number of halogens is 1. The van der Waals surface area contributed by atoms with E-state index in [1.807, 2.05) is 6.92 Å². The van der Waals surface area contributed by atoms with E-state index >= 15 is 0 Å². The van der Waals surface area contributed by atoms with Gasteiger partial charge in [-0.05, 0) is 42.8 Å². The number of aryl methyl sites for hydroxylation is 1. The van der Waals surface area contributed by atoms with Gasteiger partial charge in [-0.3, -0.25) is 9.78 Å². The highest BCUT2D eigenvalue weighted by molar-refractivity contribution is 6.31. The molecule has 1 aromatic heterocycles. The van der Waals surface area contributed by atoms with Crippen molar-refractivity contribution in [3.05, 3.63) is 58.4 Å². The second-order valence-corrected chi connectivity index (χ2v) is 5.11. The fraction of sp³-hybridized carbons (Fsp3) is 0.200. The van der Waals surface area contributed by atoms with Crippen molar-refractivity contribution in [2.45, 2.75) is 13.5 Å². The van der Waals surface area contributed by atoms with Crippen molar-refractivity contribution in [3.8, 4) is 0 Å². The van der Waals surface area contributed by atoms with Gasteiger partial charge >= 0.3 is 0 Å². The third-order valence-electron chi connectivity index (χ3n) is 2.97. The standard InChI is InChI=1S/C15H16ClN3O/c1-10-7-11(5-6-18-10)15(20)19(2)9-12-8-13(17)3-4-14(12)16/h3-8H,9,17H2,1-2H3. The number of amides is 1. The van der Waals surface area contributed by atoms with Gasteiger partial charge in [0.1, 0.15) is 0 Å². The van der Waals surface area contributed by atoms with Gasteiger partial charge in [0.2, 0.25) is 0 Å². The van der Waals surface area contributed by atoms with Crippen LogP contribution >= 0.6 is 11.6 Å². The zero-order valence-electron chi connectivity index (χ0n) is 11.4. The molecule has 0 radical (unpaired) electrons. The highest BCUT2D eigenvalue weighted by Gasteiger charge is 2.13. The summed E-state index contributed by atoms with van der Waals surface area (Å²) < 4.78 is 0. The first-order valence-electron chi connectivity index (χ1n) is 6.19. The Bertz CT molecular complexity index is 643. The Morgan fingerprint density at radius 3 is 2.80 bits per heavy atom. The third kappa shape index (κ3) is 3.27. The van der Waals surface area contributed by atoms with Gasteiger partial charge in [-0.15, -0.1) is 0 Å². The quantitative estimate of drug-likeness (QED) is 0.884. The number of anilines is 1. The fourth-order valence-corrected chi connectivity index (χ4v) is 2.12. The first kappa shape index (κ1) is 14.3. The largest absolute Gasteiger partial charge is 0.399 e. The molecular formula is C15H16ClN3O. The Labute approximate surface area is 123 Å². The smallest absolute Gasteiger partial charge is 0.254 e. The van der Waals surface area contributed by atoms with Crippen LogP contribution in [0.2, 0.25) is 5.02 Å². The van der Waals surface area contributed by atoms with Gasteiger partial charge in [0.05, 0.1) is 0 Å². The van der Waals surface area contributed by atoms with Gasteiger partial charge in [-0.2, -0.15) is 0 Å². The van der Waals surface area contributed by atoms with Crippen LogP contribution in [0.25, 0.3) is 0 Å². The Morgan fingerprint density at radius 1 is 1.35 bits per heavy atom. The zero-order chi connectivity index (χ0) is 14.7. The molecule has 0 bridgehead atoms. The molecule has 0 saturated carbocycles. The first-order chi connectivity index (χ1) is 9.47. The molecular weight excluding hydrogens is 274 g/mol. The van der Waals surface area contributed by atoms with Crippen molar-refractivity contribution in [1.82, 2.24) is 9.88 Å². The minimum Gasteiger partial charge on any atom is -0.399 e. The summed E-state index contributed by atoms with van der Waals surface area (Å²) in [5.74, 6) is -0.0750. The normalized spacial score (nSPS) is 10.3. The molecule has 0 atom stereocenters. The number of carbonyl (C=O) groups is 1. The van der Waals surface area contributed by atoms with E-state index in [-0.39, 0.29) is 5.91 Å². The second kappa shape index (κ2) is 5.92. The predicted octanol–water partition coefficient (Wildman–Crippen LogP) is 2.90. The van der Waals surface area contributed by atoms with E-state index in [0.717, 1.165) is 11.3 Å². The fourth-order valence-electron chi connectivity index (χ4n) is 1.94. The van der Waals surface area contributed by atoms with Crippen LogP contribution in [-0.4, -0.2) is 22.8 Å². The van der Waals surface area contributed by atoms with Gasteiger partial charge in [0.15, 0.2) is 0 Å². The molecule has 0 saturated heterocycles. The summed E-state index contributed by atoms with van der Waals surface area (Å²) in [6, 6.07) is 8.72. The van der Waals surface area contributed by atoms with Crippen LogP contribution in [0.4, 0.5) is 5.69 Å². The van der Waals surface area contributed by atoms with E-state index in [4.69, 9.17) is 17.3 Å². The highest BCUT2D eigenvalue weighted by atomic mass is 35.5.